The minimum absolute atomic E-state index is 0.106. The van der Waals surface area contributed by atoms with Crippen molar-refractivity contribution in [3.63, 3.8) is 0 Å². The molecule has 0 aliphatic carbocycles. The van der Waals surface area contributed by atoms with Crippen LogP contribution in [0.5, 0.6) is 0 Å². The van der Waals surface area contributed by atoms with E-state index >= 15 is 0 Å². The molecule has 0 aromatic carbocycles. The molecule has 0 radical (unpaired) electrons. The van der Waals surface area contributed by atoms with Crippen molar-refractivity contribution in [2.24, 2.45) is 0 Å². The van der Waals surface area contributed by atoms with Gasteiger partial charge in [-0.25, -0.2) is 8.42 Å². The standard InChI is InChI=1S/C10H18N2O3S/c1-8(2)12(7-5-6-11)10(13)9(3)16(4,14)15/h8-9H,5,7H2,1-4H3. The highest BCUT2D eigenvalue weighted by atomic mass is 32.2. The van der Waals surface area contributed by atoms with Crippen molar-refractivity contribution in [1.82, 2.24) is 4.90 Å². The molecule has 0 saturated carbocycles. The summed E-state index contributed by atoms with van der Waals surface area (Å²) in [7, 11) is -3.38. The molecule has 0 rings (SSSR count). The Hall–Kier alpha value is -1.09. The van der Waals surface area contributed by atoms with Crippen molar-refractivity contribution in [2.75, 3.05) is 12.8 Å². The Kier molecular flexibility index (Phi) is 5.45. The smallest absolute Gasteiger partial charge is 0.240 e. The van der Waals surface area contributed by atoms with Gasteiger partial charge >= 0.3 is 0 Å². The van der Waals surface area contributed by atoms with Gasteiger partial charge in [0.1, 0.15) is 5.25 Å². The molecule has 1 unspecified atom stereocenters. The molecule has 0 saturated heterocycles. The van der Waals surface area contributed by atoms with E-state index < -0.39 is 21.0 Å². The molecule has 5 nitrogen and oxygen atoms in total. The van der Waals surface area contributed by atoms with Crippen LogP contribution in [0.4, 0.5) is 0 Å². The van der Waals surface area contributed by atoms with Crippen LogP contribution in [0.2, 0.25) is 0 Å². The van der Waals surface area contributed by atoms with E-state index in [1.807, 2.05) is 6.07 Å². The van der Waals surface area contributed by atoms with Gasteiger partial charge in [-0.1, -0.05) is 0 Å². The summed E-state index contributed by atoms with van der Waals surface area (Å²) in [6.07, 6.45) is 1.25. The third-order valence-corrected chi connectivity index (χ3v) is 3.85. The number of amides is 1. The molecule has 0 bridgehead atoms. The van der Waals surface area contributed by atoms with Crippen molar-refractivity contribution in [3.05, 3.63) is 0 Å². The average Bonchev–Trinajstić information content (AvgIpc) is 2.15. The van der Waals surface area contributed by atoms with E-state index in [1.165, 1.54) is 11.8 Å². The van der Waals surface area contributed by atoms with E-state index in [-0.39, 0.29) is 19.0 Å². The van der Waals surface area contributed by atoms with Gasteiger partial charge < -0.3 is 4.90 Å². The second-order valence-electron chi connectivity index (χ2n) is 4.01. The molecule has 0 aromatic heterocycles. The van der Waals surface area contributed by atoms with Crippen LogP contribution in [0.15, 0.2) is 0 Å². The summed E-state index contributed by atoms with van der Waals surface area (Å²) >= 11 is 0. The Bertz CT molecular complexity index is 381. The van der Waals surface area contributed by atoms with Crippen molar-refractivity contribution in [2.45, 2.75) is 38.5 Å². The summed E-state index contributed by atoms with van der Waals surface area (Å²) in [4.78, 5) is 13.3. The van der Waals surface area contributed by atoms with Crippen LogP contribution >= 0.6 is 0 Å². The number of carbonyl (C=O) groups is 1. The first-order valence-electron chi connectivity index (χ1n) is 5.08. The Morgan fingerprint density at radius 2 is 1.88 bits per heavy atom. The zero-order valence-electron chi connectivity index (χ0n) is 10.1. The molecule has 0 heterocycles. The van der Waals surface area contributed by atoms with Gasteiger partial charge in [0.05, 0.1) is 12.5 Å². The Balaban J connectivity index is 4.83. The first-order chi connectivity index (χ1) is 7.21. The topological polar surface area (TPSA) is 78.2 Å². The number of carbonyl (C=O) groups excluding carboxylic acids is 1. The minimum Gasteiger partial charge on any atom is -0.338 e. The summed E-state index contributed by atoms with van der Waals surface area (Å²) < 4.78 is 22.5. The quantitative estimate of drug-likeness (QED) is 0.710. The van der Waals surface area contributed by atoms with E-state index in [1.54, 1.807) is 13.8 Å². The van der Waals surface area contributed by atoms with Gasteiger partial charge in [-0.15, -0.1) is 0 Å². The fourth-order valence-electron chi connectivity index (χ4n) is 1.21. The minimum atomic E-state index is -3.38. The predicted molar refractivity (Wildman–Crippen MR) is 61.4 cm³/mol. The van der Waals surface area contributed by atoms with Gasteiger partial charge in [0.25, 0.3) is 0 Å². The van der Waals surface area contributed by atoms with Gasteiger partial charge in [0.2, 0.25) is 5.91 Å². The molecule has 16 heavy (non-hydrogen) atoms. The maximum Gasteiger partial charge on any atom is 0.240 e. The summed E-state index contributed by atoms with van der Waals surface area (Å²) in [6.45, 7) is 5.24. The summed E-state index contributed by atoms with van der Waals surface area (Å²) in [6, 6.07) is 1.84. The van der Waals surface area contributed by atoms with Crippen LogP contribution in [0.1, 0.15) is 27.2 Å². The van der Waals surface area contributed by atoms with Crippen molar-refractivity contribution >= 4 is 15.7 Å². The summed E-state index contributed by atoms with van der Waals surface area (Å²) in [5, 5.41) is 7.42. The van der Waals surface area contributed by atoms with Crippen LogP contribution < -0.4 is 0 Å². The molecule has 0 aliphatic heterocycles. The fourth-order valence-corrected chi connectivity index (χ4v) is 1.71. The van der Waals surface area contributed by atoms with E-state index in [2.05, 4.69) is 0 Å². The third-order valence-electron chi connectivity index (χ3n) is 2.36. The SMILES string of the molecule is CC(C)N(CCC#N)C(=O)C(C)S(C)(=O)=O. The first-order valence-corrected chi connectivity index (χ1v) is 7.03. The second kappa shape index (κ2) is 5.85. The zero-order chi connectivity index (χ0) is 12.9. The molecule has 0 fully saturated rings. The molecule has 6 heteroatoms. The monoisotopic (exact) mass is 246 g/mol. The van der Waals surface area contributed by atoms with Gasteiger partial charge in [-0.3, -0.25) is 4.79 Å². The molecule has 0 N–H and O–H groups in total. The second-order valence-corrected chi connectivity index (χ2v) is 6.37. The largest absolute Gasteiger partial charge is 0.338 e. The molecule has 92 valence electrons. The molecule has 1 atom stereocenters. The highest BCUT2D eigenvalue weighted by Gasteiger charge is 2.29. The molecular weight excluding hydrogens is 228 g/mol. The molecule has 0 aliphatic rings. The highest BCUT2D eigenvalue weighted by molar-refractivity contribution is 7.92. The van der Waals surface area contributed by atoms with Crippen molar-refractivity contribution in [3.8, 4) is 6.07 Å². The Morgan fingerprint density at radius 3 is 2.19 bits per heavy atom. The van der Waals surface area contributed by atoms with Crippen molar-refractivity contribution < 1.29 is 13.2 Å². The van der Waals surface area contributed by atoms with Crippen LogP contribution in [0, 0.1) is 11.3 Å². The number of sulfone groups is 1. The molecule has 0 spiro atoms. The molecule has 1 amide bonds. The van der Waals surface area contributed by atoms with E-state index in [0.29, 0.717) is 0 Å². The first kappa shape index (κ1) is 14.9. The number of rotatable bonds is 5. The number of hydrogen-bond acceptors (Lipinski definition) is 4. The van der Waals surface area contributed by atoms with Crippen LogP contribution in [-0.4, -0.2) is 43.3 Å². The van der Waals surface area contributed by atoms with E-state index in [9.17, 15) is 13.2 Å². The van der Waals surface area contributed by atoms with Crippen molar-refractivity contribution in [1.29, 1.82) is 5.26 Å². The average molecular weight is 246 g/mol. The normalized spacial score (nSPS) is 13.2. The maximum atomic E-state index is 11.9. The zero-order valence-corrected chi connectivity index (χ0v) is 10.9. The van der Waals surface area contributed by atoms with Crippen LogP contribution in [0.25, 0.3) is 0 Å². The highest BCUT2D eigenvalue weighted by Crippen LogP contribution is 2.08. The lowest BCUT2D eigenvalue weighted by Gasteiger charge is -2.28. The summed E-state index contributed by atoms with van der Waals surface area (Å²) in [5.74, 6) is -0.437. The number of hydrogen-bond donors (Lipinski definition) is 0. The lowest BCUT2D eigenvalue weighted by molar-refractivity contribution is -0.132. The maximum absolute atomic E-state index is 11.9. The lowest BCUT2D eigenvalue weighted by Crippen LogP contribution is -2.45. The van der Waals surface area contributed by atoms with Gasteiger partial charge in [-0.05, 0) is 20.8 Å². The Morgan fingerprint density at radius 1 is 1.38 bits per heavy atom. The van der Waals surface area contributed by atoms with Crippen LogP contribution in [-0.2, 0) is 14.6 Å². The van der Waals surface area contributed by atoms with Gasteiger partial charge in [0, 0.05) is 18.8 Å². The lowest BCUT2D eigenvalue weighted by atomic mass is 10.2. The predicted octanol–water partition coefficient (Wildman–Crippen LogP) is 0.570. The van der Waals surface area contributed by atoms with Crippen LogP contribution in [0.3, 0.4) is 0 Å². The third kappa shape index (κ3) is 4.19. The van der Waals surface area contributed by atoms with Gasteiger partial charge in [-0.2, -0.15) is 5.26 Å². The van der Waals surface area contributed by atoms with E-state index in [4.69, 9.17) is 5.26 Å². The molecular formula is C10H18N2O3S. The van der Waals surface area contributed by atoms with Gasteiger partial charge in [0.15, 0.2) is 9.84 Å². The Labute approximate surface area is 97.0 Å². The fraction of sp³-hybridized carbons (Fsp3) is 0.800. The summed E-state index contributed by atoms with van der Waals surface area (Å²) in [5.41, 5.74) is 0. The molecule has 0 aromatic rings. The number of nitrogens with zero attached hydrogens (tertiary/aromatic N) is 2. The van der Waals surface area contributed by atoms with E-state index in [0.717, 1.165) is 6.26 Å². The number of nitriles is 1.